The predicted octanol–water partition coefficient (Wildman–Crippen LogP) is 4.46. The number of para-hydroxylation sites is 1. The van der Waals surface area contributed by atoms with Crippen molar-refractivity contribution in [2.24, 2.45) is 5.92 Å². The average Bonchev–Trinajstić information content (AvgIpc) is 2.98. The molecule has 2 N–H and O–H groups in total. The third-order valence-electron chi connectivity index (χ3n) is 4.28. The first-order valence-corrected chi connectivity index (χ1v) is 9.41. The number of anilines is 1. The highest BCUT2D eigenvalue weighted by Crippen LogP contribution is 2.28. The third kappa shape index (κ3) is 5.25. The van der Waals surface area contributed by atoms with Gasteiger partial charge in [0.1, 0.15) is 5.75 Å². The lowest BCUT2D eigenvalue weighted by atomic mass is 10.1. The van der Waals surface area contributed by atoms with Crippen LogP contribution in [0.3, 0.4) is 0 Å². The topological polar surface area (TPSA) is 84.9 Å². The Labute approximate surface area is 169 Å². The van der Waals surface area contributed by atoms with Gasteiger partial charge in [-0.3, -0.25) is 4.79 Å². The first kappa shape index (κ1) is 20.2. The SMILES string of the molecule is CC(C)CCOc1ccc(/C=C2\OC(Nc3ccccc3)=C(C(=O)O)C2=O)cc1. The monoisotopic (exact) mass is 393 g/mol. The van der Waals surface area contributed by atoms with Gasteiger partial charge in [-0.1, -0.05) is 44.2 Å². The van der Waals surface area contributed by atoms with Crippen molar-refractivity contribution in [2.75, 3.05) is 11.9 Å². The van der Waals surface area contributed by atoms with Crippen LogP contribution in [0, 0.1) is 5.92 Å². The van der Waals surface area contributed by atoms with Crippen LogP contribution in [-0.2, 0) is 14.3 Å². The summed E-state index contributed by atoms with van der Waals surface area (Å²) in [5.74, 6) is -0.844. The Morgan fingerprint density at radius 2 is 1.83 bits per heavy atom. The standard InChI is InChI=1S/C23H23NO5/c1-15(2)12-13-28-18-10-8-16(9-11-18)14-19-21(25)20(23(26)27)22(29-19)24-17-6-4-3-5-7-17/h3-11,14-15,24H,12-13H2,1-2H3,(H,26,27)/b19-14-. The summed E-state index contributed by atoms with van der Waals surface area (Å²) < 4.78 is 11.2. The first-order chi connectivity index (χ1) is 13.9. The molecule has 0 atom stereocenters. The molecule has 0 unspecified atom stereocenters. The van der Waals surface area contributed by atoms with Crippen LogP contribution in [-0.4, -0.2) is 23.5 Å². The van der Waals surface area contributed by atoms with E-state index in [2.05, 4.69) is 19.2 Å². The molecule has 29 heavy (non-hydrogen) atoms. The van der Waals surface area contributed by atoms with E-state index in [1.807, 2.05) is 6.07 Å². The molecule has 0 radical (unpaired) electrons. The normalized spacial score (nSPS) is 15.0. The van der Waals surface area contributed by atoms with E-state index in [1.54, 1.807) is 48.5 Å². The largest absolute Gasteiger partial charge is 0.494 e. The lowest BCUT2D eigenvalue weighted by Crippen LogP contribution is -2.12. The number of ketones is 1. The van der Waals surface area contributed by atoms with Crippen LogP contribution in [0.4, 0.5) is 5.69 Å². The first-order valence-electron chi connectivity index (χ1n) is 9.41. The molecule has 0 aromatic heterocycles. The van der Waals surface area contributed by atoms with Gasteiger partial charge < -0.3 is 19.9 Å². The van der Waals surface area contributed by atoms with E-state index in [9.17, 15) is 14.7 Å². The summed E-state index contributed by atoms with van der Waals surface area (Å²) in [5.41, 5.74) is 0.905. The van der Waals surface area contributed by atoms with E-state index in [1.165, 1.54) is 6.08 Å². The van der Waals surface area contributed by atoms with Gasteiger partial charge in [-0.15, -0.1) is 0 Å². The minimum Gasteiger partial charge on any atom is -0.494 e. The van der Waals surface area contributed by atoms with E-state index in [0.717, 1.165) is 12.2 Å². The van der Waals surface area contributed by atoms with E-state index in [4.69, 9.17) is 9.47 Å². The number of aliphatic carboxylic acids is 1. The summed E-state index contributed by atoms with van der Waals surface area (Å²) in [6.45, 7) is 4.91. The molecular formula is C23H23NO5. The van der Waals surface area contributed by atoms with Crippen molar-refractivity contribution in [1.82, 2.24) is 0 Å². The second-order valence-corrected chi connectivity index (χ2v) is 7.04. The molecule has 6 heteroatoms. The van der Waals surface area contributed by atoms with E-state index < -0.39 is 17.3 Å². The van der Waals surface area contributed by atoms with Crippen LogP contribution in [0.2, 0.25) is 0 Å². The lowest BCUT2D eigenvalue weighted by molar-refractivity contribution is -0.134. The number of Topliss-reactive ketones (excluding diaryl/α,β-unsaturated/α-hetero) is 1. The van der Waals surface area contributed by atoms with Crippen molar-refractivity contribution in [3.63, 3.8) is 0 Å². The highest BCUT2D eigenvalue weighted by atomic mass is 16.5. The number of hydrogen-bond donors (Lipinski definition) is 2. The second-order valence-electron chi connectivity index (χ2n) is 7.04. The zero-order valence-corrected chi connectivity index (χ0v) is 16.3. The molecule has 0 bridgehead atoms. The highest BCUT2D eigenvalue weighted by Gasteiger charge is 2.35. The van der Waals surface area contributed by atoms with Crippen molar-refractivity contribution in [3.05, 3.63) is 77.4 Å². The number of allylic oxidation sites excluding steroid dienone is 1. The molecule has 0 spiro atoms. The average molecular weight is 393 g/mol. The number of nitrogens with one attached hydrogen (secondary N) is 1. The zero-order valence-electron chi connectivity index (χ0n) is 16.3. The van der Waals surface area contributed by atoms with Crippen molar-refractivity contribution < 1.29 is 24.2 Å². The van der Waals surface area contributed by atoms with Gasteiger partial charge in [0.25, 0.3) is 0 Å². The number of ether oxygens (including phenoxy) is 2. The van der Waals surface area contributed by atoms with E-state index in [0.29, 0.717) is 23.8 Å². The quantitative estimate of drug-likeness (QED) is 0.509. The maximum atomic E-state index is 12.5. The van der Waals surface area contributed by atoms with Gasteiger partial charge in [0, 0.05) is 5.69 Å². The van der Waals surface area contributed by atoms with Gasteiger partial charge in [-0.25, -0.2) is 4.79 Å². The molecule has 0 fully saturated rings. The number of rotatable bonds is 8. The molecule has 0 aliphatic carbocycles. The molecular weight excluding hydrogens is 370 g/mol. The molecule has 6 nitrogen and oxygen atoms in total. The summed E-state index contributed by atoms with van der Waals surface area (Å²) in [6, 6.07) is 16.1. The van der Waals surface area contributed by atoms with Gasteiger partial charge in [-0.2, -0.15) is 0 Å². The Morgan fingerprint density at radius 3 is 2.45 bits per heavy atom. The van der Waals surface area contributed by atoms with Crippen molar-refractivity contribution in [3.8, 4) is 5.75 Å². The van der Waals surface area contributed by atoms with E-state index in [-0.39, 0.29) is 11.6 Å². The highest BCUT2D eigenvalue weighted by molar-refractivity contribution is 6.26. The molecule has 1 heterocycles. The summed E-state index contributed by atoms with van der Waals surface area (Å²) in [4.78, 5) is 24.1. The number of carbonyl (C=O) groups excluding carboxylic acids is 1. The fourth-order valence-electron chi connectivity index (χ4n) is 2.69. The van der Waals surface area contributed by atoms with E-state index >= 15 is 0 Å². The lowest BCUT2D eigenvalue weighted by Gasteiger charge is -2.09. The fourth-order valence-corrected chi connectivity index (χ4v) is 2.69. The minimum absolute atomic E-state index is 0.0469. The van der Waals surface area contributed by atoms with Crippen LogP contribution < -0.4 is 10.1 Å². The van der Waals surface area contributed by atoms with Crippen LogP contribution >= 0.6 is 0 Å². The number of carbonyl (C=O) groups is 2. The molecule has 3 rings (SSSR count). The number of carboxylic acids is 1. The molecule has 2 aromatic carbocycles. The number of carboxylic acid groups (broad SMARTS) is 1. The Balaban J connectivity index is 1.73. The molecule has 2 aromatic rings. The number of benzene rings is 2. The van der Waals surface area contributed by atoms with Gasteiger partial charge >= 0.3 is 5.97 Å². The fraction of sp³-hybridized carbons (Fsp3) is 0.217. The molecule has 0 amide bonds. The van der Waals surface area contributed by atoms with Crippen LogP contribution in [0.25, 0.3) is 6.08 Å². The number of hydrogen-bond acceptors (Lipinski definition) is 5. The van der Waals surface area contributed by atoms with Crippen molar-refractivity contribution >= 4 is 23.5 Å². The van der Waals surface area contributed by atoms with Crippen molar-refractivity contribution in [2.45, 2.75) is 20.3 Å². The van der Waals surface area contributed by atoms with Crippen LogP contribution in [0.1, 0.15) is 25.8 Å². The van der Waals surface area contributed by atoms with Gasteiger partial charge in [-0.05, 0) is 48.2 Å². The summed E-state index contributed by atoms with van der Waals surface area (Å²) in [7, 11) is 0. The summed E-state index contributed by atoms with van der Waals surface area (Å²) in [6.07, 6.45) is 2.48. The Kier molecular flexibility index (Phi) is 6.34. The molecule has 1 aliphatic rings. The Hall–Kier alpha value is -3.54. The molecule has 150 valence electrons. The zero-order chi connectivity index (χ0) is 20.8. The Morgan fingerprint density at radius 1 is 1.14 bits per heavy atom. The van der Waals surface area contributed by atoms with Crippen LogP contribution in [0.5, 0.6) is 5.75 Å². The second kappa shape index (κ2) is 9.10. The van der Waals surface area contributed by atoms with Gasteiger partial charge in [0.15, 0.2) is 11.3 Å². The van der Waals surface area contributed by atoms with Gasteiger partial charge in [0.2, 0.25) is 11.7 Å². The predicted molar refractivity (Wildman–Crippen MR) is 110 cm³/mol. The molecule has 0 saturated carbocycles. The smallest absolute Gasteiger partial charge is 0.345 e. The summed E-state index contributed by atoms with van der Waals surface area (Å²) in [5, 5.41) is 12.3. The summed E-state index contributed by atoms with van der Waals surface area (Å²) >= 11 is 0. The minimum atomic E-state index is -1.34. The molecule has 1 aliphatic heterocycles. The van der Waals surface area contributed by atoms with Crippen LogP contribution in [0.15, 0.2) is 71.8 Å². The maximum absolute atomic E-state index is 12.5. The molecule has 0 saturated heterocycles. The van der Waals surface area contributed by atoms with Gasteiger partial charge in [0.05, 0.1) is 6.61 Å². The Bertz CT molecular complexity index is 943. The third-order valence-corrected chi connectivity index (χ3v) is 4.28. The van der Waals surface area contributed by atoms with Crippen molar-refractivity contribution in [1.29, 1.82) is 0 Å². The maximum Gasteiger partial charge on any atom is 0.345 e.